The zero-order chi connectivity index (χ0) is 12.6. The zero-order valence-corrected chi connectivity index (χ0v) is 12.3. The lowest BCUT2D eigenvalue weighted by Gasteiger charge is -2.18. The molecule has 0 aliphatic carbocycles. The van der Waals surface area contributed by atoms with Crippen molar-refractivity contribution in [1.29, 1.82) is 0 Å². The molecule has 1 heteroatoms. The maximum absolute atomic E-state index is 4.48. The van der Waals surface area contributed by atoms with E-state index in [0.29, 0.717) is 5.92 Å². The minimum Gasteiger partial charge on any atom is -0.169 e. The minimum absolute atomic E-state index is 0.000629. The molecule has 0 heterocycles. The van der Waals surface area contributed by atoms with Gasteiger partial charge in [0.25, 0.3) is 0 Å². The molecule has 0 rings (SSSR count). The average molecular weight is 240 g/mol. The van der Waals surface area contributed by atoms with Gasteiger partial charge in [0.1, 0.15) is 0 Å². The van der Waals surface area contributed by atoms with Gasteiger partial charge in [0, 0.05) is 4.75 Å². The van der Waals surface area contributed by atoms with Gasteiger partial charge in [-0.3, -0.25) is 0 Å². The normalized spacial score (nSPS) is 14.6. The van der Waals surface area contributed by atoms with Crippen molar-refractivity contribution < 1.29 is 0 Å². The Kier molecular flexibility index (Phi) is 7.91. The van der Waals surface area contributed by atoms with Gasteiger partial charge in [-0.2, -0.15) is 12.6 Å². The van der Waals surface area contributed by atoms with E-state index in [2.05, 4.69) is 65.1 Å². The van der Waals surface area contributed by atoms with Crippen molar-refractivity contribution in [2.75, 3.05) is 0 Å². The highest BCUT2D eigenvalue weighted by Crippen LogP contribution is 2.23. The van der Waals surface area contributed by atoms with E-state index in [4.69, 9.17) is 0 Å². The van der Waals surface area contributed by atoms with Crippen LogP contribution in [0, 0.1) is 11.8 Å². The number of hydrogen-bond donors (Lipinski definition) is 1. The summed E-state index contributed by atoms with van der Waals surface area (Å²) < 4.78 is 0.000629. The molecule has 0 fully saturated rings. The van der Waals surface area contributed by atoms with Crippen LogP contribution in [0.15, 0.2) is 24.8 Å². The average Bonchev–Trinajstić information content (AvgIpc) is 2.21. The Morgan fingerprint density at radius 3 is 2.19 bits per heavy atom. The highest BCUT2D eigenvalue weighted by molar-refractivity contribution is 7.82. The van der Waals surface area contributed by atoms with Gasteiger partial charge in [0.05, 0.1) is 0 Å². The summed E-state index contributed by atoms with van der Waals surface area (Å²) in [5, 5.41) is 0. The molecule has 0 aliphatic heterocycles. The van der Waals surface area contributed by atoms with Gasteiger partial charge in [-0.15, -0.1) is 6.58 Å². The molecule has 0 nitrogen and oxygen atoms in total. The molecule has 0 spiro atoms. The Hall–Kier alpha value is -0.170. The van der Waals surface area contributed by atoms with Crippen LogP contribution in [0.2, 0.25) is 0 Å². The smallest absolute Gasteiger partial charge is 0.0252 e. The van der Waals surface area contributed by atoms with Crippen LogP contribution in [0.1, 0.15) is 53.4 Å². The second kappa shape index (κ2) is 8.00. The molecule has 0 aromatic carbocycles. The fourth-order valence-electron chi connectivity index (χ4n) is 1.87. The molecule has 16 heavy (non-hydrogen) atoms. The molecule has 1 unspecified atom stereocenters. The first-order valence-corrected chi connectivity index (χ1v) is 6.90. The Labute approximate surface area is 108 Å². The number of thiol groups is 1. The summed E-state index contributed by atoms with van der Waals surface area (Å²) >= 11 is 4.48. The highest BCUT2D eigenvalue weighted by Gasteiger charge is 2.11. The van der Waals surface area contributed by atoms with Gasteiger partial charge in [-0.05, 0) is 38.5 Å². The van der Waals surface area contributed by atoms with Crippen LogP contribution in [0.25, 0.3) is 0 Å². The summed E-state index contributed by atoms with van der Waals surface area (Å²) in [6, 6.07) is 0. The summed E-state index contributed by atoms with van der Waals surface area (Å²) in [5.74, 6) is 1.47. The topological polar surface area (TPSA) is 0 Å². The first-order valence-electron chi connectivity index (χ1n) is 6.45. The van der Waals surface area contributed by atoms with E-state index in [1.807, 2.05) is 0 Å². The van der Waals surface area contributed by atoms with Crippen LogP contribution < -0.4 is 0 Å². The quantitative estimate of drug-likeness (QED) is 0.433. The fraction of sp³-hybridized carbons (Fsp3) is 0.733. The Morgan fingerprint density at radius 2 is 1.81 bits per heavy atom. The van der Waals surface area contributed by atoms with Crippen molar-refractivity contribution >= 4 is 12.6 Å². The molecule has 0 bridgehead atoms. The minimum atomic E-state index is 0.000629. The van der Waals surface area contributed by atoms with E-state index >= 15 is 0 Å². The van der Waals surface area contributed by atoms with Gasteiger partial charge in [-0.25, -0.2) is 0 Å². The molecular formula is C15H28S. The Morgan fingerprint density at radius 1 is 1.25 bits per heavy atom. The van der Waals surface area contributed by atoms with E-state index in [-0.39, 0.29) is 4.75 Å². The molecular weight excluding hydrogens is 212 g/mol. The van der Waals surface area contributed by atoms with Crippen LogP contribution in [-0.2, 0) is 0 Å². The van der Waals surface area contributed by atoms with E-state index < -0.39 is 0 Å². The molecule has 0 aliphatic rings. The molecule has 0 radical (unpaired) electrons. The van der Waals surface area contributed by atoms with Gasteiger partial charge >= 0.3 is 0 Å². The van der Waals surface area contributed by atoms with Crippen LogP contribution in [0.4, 0.5) is 0 Å². The molecule has 0 aromatic heterocycles. The van der Waals surface area contributed by atoms with Gasteiger partial charge in [-0.1, -0.05) is 44.9 Å². The maximum Gasteiger partial charge on any atom is 0.0252 e. The Bertz CT molecular complexity index is 206. The van der Waals surface area contributed by atoms with Crippen molar-refractivity contribution in [2.24, 2.45) is 11.8 Å². The molecule has 0 saturated heterocycles. The summed E-state index contributed by atoms with van der Waals surface area (Å²) in [6.45, 7) is 12.7. The van der Waals surface area contributed by atoms with Gasteiger partial charge in [0.15, 0.2) is 0 Å². The van der Waals surface area contributed by atoms with E-state index in [9.17, 15) is 0 Å². The summed E-state index contributed by atoms with van der Waals surface area (Å²) in [5.41, 5.74) is 0. The third kappa shape index (κ3) is 8.04. The van der Waals surface area contributed by atoms with Crippen molar-refractivity contribution in [1.82, 2.24) is 0 Å². The molecule has 0 aromatic rings. The zero-order valence-electron chi connectivity index (χ0n) is 11.4. The van der Waals surface area contributed by atoms with Crippen molar-refractivity contribution in [3.8, 4) is 0 Å². The predicted octanol–water partition coefficient (Wildman–Crippen LogP) is 5.27. The van der Waals surface area contributed by atoms with E-state index in [1.54, 1.807) is 0 Å². The van der Waals surface area contributed by atoms with Crippen LogP contribution in [-0.4, -0.2) is 4.75 Å². The van der Waals surface area contributed by atoms with E-state index in [0.717, 1.165) is 12.3 Å². The molecule has 0 amide bonds. The predicted molar refractivity (Wildman–Crippen MR) is 79.2 cm³/mol. The number of hydrogen-bond acceptors (Lipinski definition) is 1. The van der Waals surface area contributed by atoms with Crippen molar-refractivity contribution in [3.63, 3.8) is 0 Å². The highest BCUT2D eigenvalue weighted by atomic mass is 32.1. The largest absolute Gasteiger partial charge is 0.169 e. The van der Waals surface area contributed by atoms with Crippen LogP contribution in [0.5, 0.6) is 0 Å². The van der Waals surface area contributed by atoms with Crippen molar-refractivity contribution in [3.05, 3.63) is 24.8 Å². The lowest BCUT2D eigenvalue weighted by atomic mass is 9.88. The standard InChI is InChI=1S/C15H28S/c1-6-13(7-2)12-14(8-3)10-9-11-15(4,5)16/h8-9,11,13-14,16H,3,6-7,10,12H2,1-2,4-5H3. The summed E-state index contributed by atoms with van der Waals surface area (Å²) in [4.78, 5) is 0. The third-order valence-electron chi connectivity index (χ3n) is 3.09. The summed E-state index contributed by atoms with van der Waals surface area (Å²) in [6.07, 6.45) is 11.5. The van der Waals surface area contributed by atoms with Gasteiger partial charge in [0.2, 0.25) is 0 Å². The summed E-state index contributed by atoms with van der Waals surface area (Å²) in [7, 11) is 0. The van der Waals surface area contributed by atoms with Crippen LogP contribution in [0.3, 0.4) is 0 Å². The molecule has 94 valence electrons. The monoisotopic (exact) mass is 240 g/mol. The third-order valence-corrected chi connectivity index (χ3v) is 3.24. The second-order valence-corrected chi connectivity index (χ2v) is 6.36. The number of allylic oxidation sites excluding steroid dienone is 2. The first-order chi connectivity index (χ1) is 7.42. The lowest BCUT2D eigenvalue weighted by Crippen LogP contribution is -2.07. The molecule has 0 N–H and O–H groups in total. The molecule has 0 saturated carbocycles. The van der Waals surface area contributed by atoms with E-state index in [1.165, 1.54) is 19.3 Å². The Balaban J connectivity index is 4.11. The SMILES string of the molecule is C=CC(CC=CC(C)(C)S)CC(CC)CC. The van der Waals surface area contributed by atoms with Crippen molar-refractivity contribution in [2.45, 2.75) is 58.1 Å². The molecule has 1 atom stereocenters. The van der Waals surface area contributed by atoms with Crippen LogP contribution >= 0.6 is 12.6 Å². The second-order valence-electron chi connectivity index (χ2n) is 5.21. The number of rotatable bonds is 8. The first kappa shape index (κ1) is 15.8. The van der Waals surface area contributed by atoms with Gasteiger partial charge < -0.3 is 0 Å². The lowest BCUT2D eigenvalue weighted by molar-refractivity contribution is 0.395. The maximum atomic E-state index is 4.48. The fourth-order valence-corrected chi connectivity index (χ4v) is 1.98.